The number of hydrogen-bond acceptors (Lipinski definition) is 3. The van der Waals surface area contributed by atoms with Crippen LogP contribution in [0, 0.1) is 0 Å². The first kappa shape index (κ1) is 17.0. The van der Waals surface area contributed by atoms with Gasteiger partial charge in [-0.3, -0.25) is 4.79 Å². The molecule has 6 nitrogen and oxygen atoms in total. The van der Waals surface area contributed by atoms with Gasteiger partial charge in [0, 0.05) is 28.3 Å². The molecule has 0 fully saturated rings. The van der Waals surface area contributed by atoms with E-state index in [4.69, 9.17) is 5.73 Å². The maximum atomic E-state index is 12.3. The molecule has 0 radical (unpaired) electrons. The van der Waals surface area contributed by atoms with Gasteiger partial charge in [-0.05, 0) is 60.7 Å². The lowest BCUT2D eigenvalue weighted by molar-refractivity contribution is 0.102. The number of hydrogen-bond donors (Lipinski definition) is 4. The second-order valence-electron chi connectivity index (χ2n) is 5.59. The van der Waals surface area contributed by atoms with E-state index in [0.717, 1.165) is 11.4 Å². The van der Waals surface area contributed by atoms with Gasteiger partial charge in [-0.15, -0.1) is 0 Å². The van der Waals surface area contributed by atoms with Crippen LogP contribution in [0.2, 0.25) is 0 Å². The number of carbonyl (C=O) groups is 2. The number of nitrogens with one attached hydrogen (secondary N) is 3. The monoisotopic (exact) mass is 346 g/mol. The molecule has 0 atom stereocenters. The number of urea groups is 1. The average molecular weight is 346 g/mol. The molecule has 0 saturated heterocycles. The van der Waals surface area contributed by atoms with Crippen molar-refractivity contribution in [1.29, 1.82) is 0 Å². The Balaban J connectivity index is 1.61. The summed E-state index contributed by atoms with van der Waals surface area (Å²) in [6.45, 7) is 0. The van der Waals surface area contributed by atoms with Crippen molar-refractivity contribution in [2.24, 2.45) is 5.73 Å². The van der Waals surface area contributed by atoms with E-state index in [1.807, 2.05) is 54.6 Å². The first-order chi connectivity index (χ1) is 12.6. The molecule has 130 valence electrons. The number of anilines is 4. The Morgan fingerprint density at radius 3 is 1.73 bits per heavy atom. The van der Waals surface area contributed by atoms with Crippen LogP contribution in [0.25, 0.3) is 0 Å². The lowest BCUT2D eigenvalue weighted by atomic mass is 10.2. The quantitative estimate of drug-likeness (QED) is 0.558. The summed E-state index contributed by atoms with van der Waals surface area (Å²) in [4.78, 5) is 23.1. The molecule has 3 rings (SSSR count). The number of nitrogens with two attached hydrogens (primary N) is 1. The third-order valence-electron chi connectivity index (χ3n) is 3.62. The minimum atomic E-state index is -0.647. The largest absolute Gasteiger partial charge is 0.356 e. The fraction of sp³-hybridized carbons (Fsp3) is 0. The van der Waals surface area contributed by atoms with Gasteiger partial charge >= 0.3 is 6.03 Å². The van der Waals surface area contributed by atoms with E-state index in [0.29, 0.717) is 16.9 Å². The fourth-order valence-electron chi connectivity index (χ4n) is 2.38. The molecule has 0 aliphatic heterocycles. The number of amides is 3. The zero-order valence-corrected chi connectivity index (χ0v) is 13.9. The van der Waals surface area contributed by atoms with Gasteiger partial charge in [-0.2, -0.15) is 0 Å². The molecule has 0 spiro atoms. The van der Waals surface area contributed by atoms with Gasteiger partial charge in [0.25, 0.3) is 5.91 Å². The summed E-state index contributed by atoms with van der Waals surface area (Å²) in [7, 11) is 0. The normalized spacial score (nSPS) is 10.0. The van der Waals surface area contributed by atoms with Crippen molar-refractivity contribution in [1.82, 2.24) is 0 Å². The average Bonchev–Trinajstić information content (AvgIpc) is 2.64. The van der Waals surface area contributed by atoms with E-state index >= 15 is 0 Å². The van der Waals surface area contributed by atoms with Crippen LogP contribution in [0.4, 0.5) is 27.5 Å². The molecule has 3 aromatic carbocycles. The van der Waals surface area contributed by atoms with Crippen LogP contribution in [0.5, 0.6) is 0 Å². The van der Waals surface area contributed by atoms with Crippen molar-refractivity contribution in [2.45, 2.75) is 0 Å². The summed E-state index contributed by atoms with van der Waals surface area (Å²) < 4.78 is 0. The van der Waals surface area contributed by atoms with E-state index in [1.54, 1.807) is 24.3 Å². The molecular formula is C20H18N4O2. The molecule has 3 aromatic rings. The number of rotatable bonds is 5. The van der Waals surface area contributed by atoms with Crippen LogP contribution in [0.15, 0.2) is 78.9 Å². The molecule has 0 unspecified atom stereocenters. The molecule has 0 saturated carbocycles. The van der Waals surface area contributed by atoms with Crippen molar-refractivity contribution >= 4 is 34.7 Å². The molecule has 0 aromatic heterocycles. The Morgan fingerprint density at radius 2 is 1.12 bits per heavy atom. The number of benzene rings is 3. The molecule has 3 amide bonds. The highest BCUT2D eigenvalue weighted by molar-refractivity contribution is 6.04. The van der Waals surface area contributed by atoms with E-state index in [2.05, 4.69) is 16.0 Å². The summed E-state index contributed by atoms with van der Waals surface area (Å²) in [6.07, 6.45) is 0. The Morgan fingerprint density at radius 1 is 0.615 bits per heavy atom. The molecule has 0 bridgehead atoms. The standard InChI is InChI=1S/C20H18N4O2/c21-20(26)24-18-8-6-14(7-9-18)19(25)23-17-12-10-16(11-13-17)22-15-4-2-1-3-5-15/h1-13,22H,(H,23,25)(H3,21,24,26). The first-order valence-corrected chi connectivity index (χ1v) is 8.00. The van der Waals surface area contributed by atoms with Gasteiger partial charge in [0.1, 0.15) is 0 Å². The van der Waals surface area contributed by atoms with Gasteiger partial charge in [-0.25, -0.2) is 4.79 Å². The maximum absolute atomic E-state index is 12.3. The smallest absolute Gasteiger partial charge is 0.316 e. The van der Waals surface area contributed by atoms with Crippen LogP contribution in [-0.4, -0.2) is 11.9 Å². The van der Waals surface area contributed by atoms with Gasteiger partial charge in [0.05, 0.1) is 0 Å². The van der Waals surface area contributed by atoms with Gasteiger partial charge in [0.2, 0.25) is 0 Å². The lowest BCUT2D eigenvalue weighted by Crippen LogP contribution is -2.19. The summed E-state index contributed by atoms with van der Waals surface area (Å²) in [5, 5.41) is 8.56. The topological polar surface area (TPSA) is 96.2 Å². The van der Waals surface area contributed by atoms with Gasteiger partial charge in [0.15, 0.2) is 0 Å². The zero-order valence-electron chi connectivity index (χ0n) is 13.9. The maximum Gasteiger partial charge on any atom is 0.316 e. The first-order valence-electron chi connectivity index (χ1n) is 8.00. The summed E-state index contributed by atoms with van der Waals surface area (Å²) in [5.41, 5.74) is 8.67. The number of para-hydroxylation sites is 1. The minimum Gasteiger partial charge on any atom is -0.356 e. The molecular weight excluding hydrogens is 328 g/mol. The van der Waals surface area contributed by atoms with Crippen molar-refractivity contribution in [2.75, 3.05) is 16.0 Å². The molecule has 0 aliphatic rings. The Labute approximate surface area is 151 Å². The van der Waals surface area contributed by atoms with Crippen molar-refractivity contribution in [3.8, 4) is 0 Å². The second kappa shape index (κ2) is 7.85. The van der Waals surface area contributed by atoms with E-state index in [9.17, 15) is 9.59 Å². The Hall–Kier alpha value is -3.80. The van der Waals surface area contributed by atoms with Gasteiger partial charge in [-0.1, -0.05) is 18.2 Å². The molecule has 0 aliphatic carbocycles. The van der Waals surface area contributed by atoms with Crippen LogP contribution < -0.4 is 21.7 Å². The van der Waals surface area contributed by atoms with Crippen molar-refractivity contribution in [3.63, 3.8) is 0 Å². The van der Waals surface area contributed by atoms with Crippen LogP contribution >= 0.6 is 0 Å². The van der Waals surface area contributed by atoms with Crippen LogP contribution in [0.3, 0.4) is 0 Å². The molecule has 6 heteroatoms. The SMILES string of the molecule is NC(=O)Nc1ccc(C(=O)Nc2ccc(Nc3ccccc3)cc2)cc1. The predicted molar refractivity (Wildman–Crippen MR) is 104 cm³/mol. The summed E-state index contributed by atoms with van der Waals surface area (Å²) in [5.74, 6) is -0.237. The summed E-state index contributed by atoms with van der Waals surface area (Å²) >= 11 is 0. The molecule has 5 N–H and O–H groups in total. The minimum absolute atomic E-state index is 0.237. The predicted octanol–water partition coefficient (Wildman–Crippen LogP) is 4.17. The highest BCUT2D eigenvalue weighted by atomic mass is 16.2. The van der Waals surface area contributed by atoms with Gasteiger partial charge < -0.3 is 21.7 Å². The highest BCUT2D eigenvalue weighted by Gasteiger charge is 2.06. The number of carbonyl (C=O) groups excluding carboxylic acids is 2. The second-order valence-corrected chi connectivity index (χ2v) is 5.59. The summed E-state index contributed by atoms with van der Waals surface area (Å²) in [6, 6.07) is 23.1. The highest BCUT2D eigenvalue weighted by Crippen LogP contribution is 2.19. The van der Waals surface area contributed by atoms with Crippen LogP contribution in [-0.2, 0) is 0 Å². The van der Waals surface area contributed by atoms with E-state index in [-0.39, 0.29) is 5.91 Å². The van der Waals surface area contributed by atoms with E-state index < -0.39 is 6.03 Å². The molecule has 0 heterocycles. The third-order valence-corrected chi connectivity index (χ3v) is 3.62. The van der Waals surface area contributed by atoms with E-state index in [1.165, 1.54) is 0 Å². The Bertz CT molecular complexity index is 891. The molecule has 26 heavy (non-hydrogen) atoms. The Kier molecular flexibility index (Phi) is 5.14. The van der Waals surface area contributed by atoms with Crippen molar-refractivity contribution in [3.05, 3.63) is 84.4 Å². The van der Waals surface area contributed by atoms with Crippen LogP contribution in [0.1, 0.15) is 10.4 Å². The fourth-order valence-corrected chi connectivity index (χ4v) is 2.38. The zero-order chi connectivity index (χ0) is 18.4. The number of primary amides is 1. The van der Waals surface area contributed by atoms with Crippen molar-refractivity contribution < 1.29 is 9.59 Å². The third kappa shape index (κ3) is 4.61. The lowest BCUT2D eigenvalue weighted by Gasteiger charge is -2.09.